The molecule has 0 bridgehead atoms. The summed E-state index contributed by atoms with van der Waals surface area (Å²) in [5, 5.41) is 0.402. The van der Waals surface area contributed by atoms with Crippen LogP contribution in [0.1, 0.15) is 40.2 Å². The van der Waals surface area contributed by atoms with E-state index in [2.05, 4.69) is 17.1 Å². The molecule has 1 saturated heterocycles. The lowest BCUT2D eigenvalue weighted by atomic mass is 9.97. The molecule has 2 aliphatic rings. The molecule has 1 amide bonds. The summed E-state index contributed by atoms with van der Waals surface area (Å²) < 4.78 is 17.0. The van der Waals surface area contributed by atoms with Crippen LogP contribution in [0.4, 0.5) is 0 Å². The summed E-state index contributed by atoms with van der Waals surface area (Å²) in [6, 6.07) is 16.0. The van der Waals surface area contributed by atoms with E-state index < -0.39 is 0 Å². The normalized spacial score (nSPS) is 21.5. The van der Waals surface area contributed by atoms with Crippen LogP contribution in [0.25, 0.3) is 0 Å². The molecule has 3 heterocycles. The first kappa shape index (κ1) is 22.4. The average molecular weight is 479 g/mol. The highest BCUT2D eigenvalue weighted by atomic mass is 32.1. The Morgan fingerprint density at radius 2 is 1.97 bits per heavy atom. The molecule has 2 aromatic carbocycles. The molecule has 8 heteroatoms. The molecule has 0 aliphatic carbocycles. The number of likely N-dealkylation sites (tertiary alicyclic amines) is 1. The van der Waals surface area contributed by atoms with Crippen LogP contribution in [0, 0.1) is 11.8 Å². The number of ether oxygens (including phenoxy) is 3. The molecule has 34 heavy (non-hydrogen) atoms. The summed E-state index contributed by atoms with van der Waals surface area (Å²) in [6.45, 7) is 2.83. The van der Waals surface area contributed by atoms with Crippen molar-refractivity contribution in [2.24, 2.45) is 11.8 Å². The second kappa shape index (κ2) is 9.46. The molecule has 3 atom stereocenters. The van der Waals surface area contributed by atoms with Crippen molar-refractivity contribution in [3.05, 3.63) is 70.7 Å². The van der Waals surface area contributed by atoms with Crippen LogP contribution >= 0.6 is 11.3 Å². The molecule has 0 radical (unpaired) electrons. The summed E-state index contributed by atoms with van der Waals surface area (Å²) in [7, 11) is 1.38. The third kappa shape index (κ3) is 4.50. The maximum atomic E-state index is 12.9. The van der Waals surface area contributed by atoms with Crippen molar-refractivity contribution < 1.29 is 23.8 Å². The molecular formula is C26H26N2O5S. The Kier molecular flexibility index (Phi) is 6.24. The van der Waals surface area contributed by atoms with Gasteiger partial charge in [0.15, 0.2) is 0 Å². The Morgan fingerprint density at radius 1 is 1.15 bits per heavy atom. The molecule has 0 spiro atoms. The number of hydrogen-bond donors (Lipinski definition) is 0. The SMILES string of the molecule is COC(=O)C1CN(C(=O)c2cnc(Oc3ccc4c(c3)CC[C@@H](c3ccccc3)O4)s2)CC1C. The van der Waals surface area contributed by atoms with E-state index in [1.54, 1.807) is 4.90 Å². The zero-order valence-corrected chi connectivity index (χ0v) is 19.9. The van der Waals surface area contributed by atoms with Crippen molar-refractivity contribution in [1.29, 1.82) is 0 Å². The maximum Gasteiger partial charge on any atom is 0.310 e. The zero-order chi connectivity index (χ0) is 23.7. The lowest BCUT2D eigenvalue weighted by molar-refractivity contribution is -0.146. The summed E-state index contributed by atoms with van der Waals surface area (Å²) >= 11 is 1.20. The molecule has 3 aromatic rings. The first-order valence-corrected chi connectivity index (χ1v) is 12.2. The van der Waals surface area contributed by atoms with Crippen LogP contribution in [0.3, 0.4) is 0 Å². The number of aromatic nitrogens is 1. The minimum absolute atomic E-state index is 0.0549. The quantitative estimate of drug-likeness (QED) is 0.486. The zero-order valence-electron chi connectivity index (χ0n) is 19.1. The fourth-order valence-corrected chi connectivity index (χ4v) is 5.34. The van der Waals surface area contributed by atoms with Crippen molar-refractivity contribution in [2.45, 2.75) is 25.9 Å². The van der Waals surface area contributed by atoms with Crippen molar-refractivity contribution in [3.8, 4) is 16.7 Å². The number of thiazole rings is 1. The van der Waals surface area contributed by atoms with Gasteiger partial charge in [-0.05, 0) is 48.1 Å². The van der Waals surface area contributed by atoms with Gasteiger partial charge in [0.05, 0.1) is 19.2 Å². The van der Waals surface area contributed by atoms with Crippen LogP contribution in [0.5, 0.6) is 16.7 Å². The Hall–Kier alpha value is -3.39. The number of fused-ring (bicyclic) bond motifs is 1. The van der Waals surface area contributed by atoms with Gasteiger partial charge in [0.25, 0.3) is 11.1 Å². The number of nitrogens with zero attached hydrogens (tertiary/aromatic N) is 2. The van der Waals surface area contributed by atoms with E-state index in [-0.39, 0.29) is 29.8 Å². The summed E-state index contributed by atoms with van der Waals surface area (Å²) in [4.78, 5) is 31.3. The van der Waals surface area contributed by atoms with E-state index in [1.165, 1.54) is 30.2 Å². The van der Waals surface area contributed by atoms with Gasteiger partial charge in [-0.15, -0.1) is 0 Å². The van der Waals surface area contributed by atoms with Gasteiger partial charge in [-0.25, -0.2) is 4.98 Å². The number of rotatable bonds is 5. The van der Waals surface area contributed by atoms with Crippen LogP contribution in [-0.4, -0.2) is 42.0 Å². The largest absolute Gasteiger partial charge is 0.485 e. The summed E-state index contributed by atoms with van der Waals surface area (Å²) in [5.74, 6) is 0.871. The Labute approximate surface area is 202 Å². The van der Waals surface area contributed by atoms with Gasteiger partial charge in [-0.2, -0.15) is 0 Å². The molecule has 1 aromatic heterocycles. The number of methoxy groups -OCH3 is 1. The number of hydrogen-bond acceptors (Lipinski definition) is 7. The molecule has 7 nitrogen and oxygen atoms in total. The topological polar surface area (TPSA) is 78.0 Å². The highest BCUT2D eigenvalue weighted by Gasteiger charge is 2.38. The first-order valence-electron chi connectivity index (χ1n) is 11.4. The lowest BCUT2D eigenvalue weighted by Gasteiger charge is -2.26. The second-order valence-electron chi connectivity index (χ2n) is 8.73. The smallest absolute Gasteiger partial charge is 0.310 e. The molecule has 176 valence electrons. The second-order valence-corrected chi connectivity index (χ2v) is 9.73. The third-order valence-electron chi connectivity index (χ3n) is 6.45. The highest BCUT2D eigenvalue weighted by molar-refractivity contribution is 7.15. The molecule has 0 saturated carbocycles. The highest BCUT2D eigenvalue weighted by Crippen LogP contribution is 2.38. The number of carbonyl (C=O) groups is 2. The van der Waals surface area contributed by atoms with Gasteiger partial charge in [0.2, 0.25) is 0 Å². The lowest BCUT2D eigenvalue weighted by Crippen LogP contribution is -2.29. The van der Waals surface area contributed by atoms with Gasteiger partial charge in [0.1, 0.15) is 22.5 Å². The molecule has 5 rings (SSSR count). The summed E-state index contributed by atoms with van der Waals surface area (Å²) in [5.41, 5.74) is 2.27. The molecular weight excluding hydrogens is 452 g/mol. The fourth-order valence-electron chi connectivity index (χ4n) is 4.58. The number of aryl methyl sites for hydroxylation is 1. The van der Waals surface area contributed by atoms with Crippen molar-refractivity contribution in [1.82, 2.24) is 9.88 Å². The van der Waals surface area contributed by atoms with Gasteiger partial charge in [-0.3, -0.25) is 9.59 Å². The summed E-state index contributed by atoms with van der Waals surface area (Å²) in [6.07, 6.45) is 3.38. The minimum Gasteiger partial charge on any atom is -0.485 e. The predicted molar refractivity (Wildman–Crippen MR) is 127 cm³/mol. The van der Waals surface area contributed by atoms with Crippen LogP contribution < -0.4 is 9.47 Å². The van der Waals surface area contributed by atoms with Gasteiger partial charge in [0, 0.05) is 13.1 Å². The van der Waals surface area contributed by atoms with Gasteiger partial charge < -0.3 is 19.1 Å². The Balaban J connectivity index is 1.23. The number of carbonyl (C=O) groups excluding carboxylic acids is 2. The van der Waals surface area contributed by atoms with Crippen LogP contribution in [0.15, 0.2) is 54.7 Å². The minimum atomic E-state index is -0.295. The standard InChI is InChI=1S/C26H26N2O5S/c1-16-14-28(15-20(16)25(30)31-2)24(29)23-13-27-26(34-23)32-19-9-11-22-18(12-19)8-10-21(33-22)17-6-4-3-5-7-17/h3-7,9,11-13,16,20-21H,8,10,14-15H2,1-2H3/t16?,20?,21-/m0/s1. The first-order chi connectivity index (χ1) is 16.5. The third-order valence-corrected chi connectivity index (χ3v) is 7.32. The van der Waals surface area contributed by atoms with E-state index in [0.29, 0.717) is 28.9 Å². The van der Waals surface area contributed by atoms with Crippen molar-refractivity contribution >= 4 is 23.2 Å². The molecule has 2 unspecified atom stereocenters. The number of esters is 1. The fraction of sp³-hybridized carbons (Fsp3) is 0.346. The number of benzene rings is 2. The van der Waals surface area contributed by atoms with E-state index in [1.807, 2.05) is 43.3 Å². The molecule has 2 aliphatic heterocycles. The van der Waals surface area contributed by atoms with Crippen molar-refractivity contribution in [2.75, 3.05) is 20.2 Å². The van der Waals surface area contributed by atoms with Crippen LogP contribution in [-0.2, 0) is 16.0 Å². The van der Waals surface area contributed by atoms with E-state index >= 15 is 0 Å². The number of amides is 1. The monoisotopic (exact) mass is 478 g/mol. The Morgan fingerprint density at radius 3 is 2.76 bits per heavy atom. The van der Waals surface area contributed by atoms with Crippen LogP contribution in [0.2, 0.25) is 0 Å². The van der Waals surface area contributed by atoms with Gasteiger partial charge in [-0.1, -0.05) is 48.6 Å². The predicted octanol–water partition coefficient (Wildman–Crippen LogP) is 4.88. The Bertz CT molecular complexity index is 1190. The van der Waals surface area contributed by atoms with E-state index in [0.717, 1.165) is 24.2 Å². The van der Waals surface area contributed by atoms with E-state index in [4.69, 9.17) is 14.2 Å². The van der Waals surface area contributed by atoms with Crippen molar-refractivity contribution in [3.63, 3.8) is 0 Å². The molecule has 1 fully saturated rings. The molecule has 0 N–H and O–H groups in total. The van der Waals surface area contributed by atoms with Gasteiger partial charge >= 0.3 is 5.97 Å². The maximum absolute atomic E-state index is 12.9. The average Bonchev–Trinajstić information content (AvgIpc) is 3.50. The van der Waals surface area contributed by atoms with E-state index in [9.17, 15) is 9.59 Å².